The number of fused-ring (bicyclic) bond motifs is 5. The zero-order chi connectivity index (χ0) is 24.9. The van der Waals surface area contributed by atoms with Crippen LogP contribution in [0.2, 0.25) is 0 Å². The highest BCUT2D eigenvalue weighted by Crippen LogP contribution is 2.54. The first-order valence-electron chi connectivity index (χ1n) is 13.6. The number of halogens is 1. The Morgan fingerprint density at radius 2 is 1.92 bits per heavy atom. The summed E-state index contributed by atoms with van der Waals surface area (Å²) in [5.41, 5.74) is 3.97. The number of carbonyl (C=O) groups excluding carboxylic acids is 1. The molecule has 192 valence electrons. The van der Waals surface area contributed by atoms with E-state index >= 15 is 0 Å². The van der Waals surface area contributed by atoms with Gasteiger partial charge < -0.3 is 19.7 Å². The second kappa shape index (κ2) is 9.28. The molecule has 3 aromatic rings. The number of rotatable bonds is 4. The van der Waals surface area contributed by atoms with Crippen molar-refractivity contribution in [2.75, 3.05) is 36.6 Å². The van der Waals surface area contributed by atoms with Gasteiger partial charge in [0.15, 0.2) is 0 Å². The lowest BCUT2D eigenvalue weighted by Gasteiger charge is -2.41. The van der Waals surface area contributed by atoms with Crippen LogP contribution in [-0.4, -0.2) is 43.3 Å². The molecule has 2 aromatic carbocycles. The molecule has 0 radical (unpaired) electrons. The first-order chi connectivity index (χ1) is 18.1. The van der Waals surface area contributed by atoms with Gasteiger partial charge in [0.1, 0.15) is 18.2 Å². The van der Waals surface area contributed by atoms with E-state index < -0.39 is 0 Å². The monoisotopic (exact) mass is 501 g/mol. The Bertz CT molecular complexity index is 1330. The standard InChI is InChI=1S/C30H32FN3O3/c31-22-1-3-27-26(14-22)25(5-6-32-27)21-12-19-9-18(10-20(19)13-21)11-30(35)33-23-2-4-28-29(15-23)37-17-24-16-36-8-7-34(24)28/h1-6,14-15,18-21,24H,7-13,16-17H2,(H,33,35)/t18?,19-,20+,21?,24?. The number of amides is 1. The smallest absolute Gasteiger partial charge is 0.224 e. The number of nitrogens with zero attached hydrogens (tertiary/aromatic N) is 2. The van der Waals surface area contributed by atoms with Crippen molar-refractivity contribution in [2.45, 2.75) is 44.1 Å². The molecule has 37 heavy (non-hydrogen) atoms. The van der Waals surface area contributed by atoms with Gasteiger partial charge in [-0.25, -0.2) is 4.39 Å². The molecule has 5 atom stereocenters. The number of pyridine rings is 1. The number of nitrogens with one attached hydrogen (secondary N) is 1. The van der Waals surface area contributed by atoms with E-state index in [0.29, 0.717) is 43.3 Å². The number of morpholine rings is 1. The van der Waals surface area contributed by atoms with Gasteiger partial charge in [-0.15, -0.1) is 0 Å². The summed E-state index contributed by atoms with van der Waals surface area (Å²) in [6.07, 6.45) is 6.83. The van der Waals surface area contributed by atoms with Crippen LogP contribution in [0, 0.1) is 23.6 Å². The quantitative estimate of drug-likeness (QED) is 0.510. The van der Waals surface area contributed by atoms with Crippen LogP contribution in [0.15, 0.2) is 48.7 Å². The van der Waals surface area contributed by atoms with Gasteiger partial charge in [-0.2, -0.15) is 0 Å². The lowest BCUT2D eigenvalue weighted by Crippen LogP contribution is -2.51. The Hall–Kier alpha value is -3.19. The van der Waals surface area contributed by atoms with Gasteiger partial charge in [0.2, 0.25) is 5.91 Å². The van der Waals surface area contributed by atoms with Crippen LogP contribution in [0.4, 0.5) is 15.8 Å². The SMILES string of the molecule is O=C(CC1C[C@@H]2CC(c3ccnc4ccc(F)cc34)C[C@@H]2C1)Nc1ccc2c(c1)OCC1COCCN21. The Kier molecular flexibility index (Phi) is 5.76. The van der Waals surface area contributed by atoms with Crippen molar-refractivity contribution in [2.24, 2.45) is 17.8 Å². The molecule has 7 heteroatoms. The average Bonchev–Trinajstić information content (AvgIpc) is 3.46. The molecule has 2 aliphatic carbocycles. The molecule has 4 aliphatic rings. The lowest BCUT2D eigenvalue weighted by atomic mass is 9.89. The average molecular weight is 502 g/mol. The Labute approximate surface area is 216 Å². The second-order valence-electron chi connectivity index (χ2n) is 11.3. The van der Waals surface area contributed by atoms with Gasteiger partial charge in [0.25, 0.3) is 0 Å². The molecule has 7 rings (SSSR count). The molecule has 0 bridgehead atoms. The molecule has 2 aliphatic heterocycles. The zero-order valence-corrected chi connectivity index (χ0v) is 20.9. The maximum atomic E-state index is 13.9. The van der Waals surface area contributed by atoms with E-state index in [-0.39, 0.29) is 17.8 Å². The molecular weight excluding hydrogens is 469 g/mol. The fourth-order valence-electron chi connectivity index (χ4n) is 7.37. The van der Waals surface area contributed by atoms with Crippen molar-refractivity contribution >= 4 is 28.2 Å². The molecular formula is C30H32FN3O3. The zero-order valence-electron chi connectivity index (χ0n) is 20.9. The summed E-state index contributed by atoms with van der Waals surface area (Å²) in [6, 6.07) is 13.2. The number of anilines is 2. The van der Waals surface area contributed by atoms with E-state index in [0.717, 1.165) is 66.9 Å². The van der Waals surface area contributed by atoms with Crippen molar-refractivity contribution in [1.29, 1.82) is 0 Å². The molecule has 1 amide bonds. The normalized spacial score (nSPS) is 28.4. The summed E-state index contributed by atoms with van der Waals surface area (Å²) in [5.74, 6) is 2.85. The Balaban J connectivity index is 0.964. The third kappa shape index (κ3) is 4.33. The third-order valence-corrected chi connectivity index (χ3v) is 8.98. The van der Waals surface area contributed by atoms with Crippen LogP contribution in [0.25, 0.3) is 10.9 Å². The molecule has 3 heterocycles. The van der Waals surface area contributed by atoms with Gasteiger partial charge in [0, 0.05) is 36.3 Å². The molecule has 1 N–H and O–H groups in total. The van der Waals surface area contributed by atoms with E-state index in [1.807, 2.05) is 18.3 Å². The van der Waals surface area contributed by atoms with Gasteiger partial charge in [-0.1, -0.05) is 0 Å². The highest BCUT2D eigenvalue weighted by atomic mass is 19.1. The van der Waals surface area contributed by atoms with Crippen molar-refractivity contribution in [3.8, 4) is 5.75 Å². The highest BCUT2D eigenvalue weighted by Gasteiger charge is 2.42. The summed E-state index contributed by atoms with van der Waals surface area (Å²) in [6.45, 7) is 2.91. The maximum absolute atomic E-state index is 13.9. The van der Waals surface area contributed by atoms with E-state index in [2.05, 4.69) is 27.3 Å². The predicted molar refractivity (Wildman–Crippen MR) is 141 cm³/mol. The van der Waals surface area contributed by atoms with E-state index in [1.165, 1.54) is 11.6 Å². The van der Waals surface area contributed by atoms with Crippen molar-refractivity contribution in [3.05, 3.63) is 60.0 Å². The minimum Gasteiger partial charge on any atom is -0.489 e. The van der Waals surface area contributed by atoms with Crippen LogP contribution in [0.1, 0.15) is 43.6 Å². The topological polar surface area (TPSA) is 63.7 Å². The van der Waals surface area contributed by atoms with Gasteiger partial charge in [0.05, 0.1) is 30.5 Å². The fourth-order valence-corrected chi connectivity index (χ4v) is 7.37. The van der Waals surface area contributed by atoms with Crippen LogP contribution >= 0.6 is 0 Å². The first kappa shape index (κ1) is 23.0. The largest absolute Gasteiger partial charge is 0.489 e. The number of aromatic nitrogens is 1. The molecule has 2 saturated carbocycles. The van der Waals surface area contributed by atoms with Crippen LogP contribution < -0.4 is 15.0 Å². The fraction of sp³-hybridized carbons (Fsp3) is 0.467. The third-order valence-electron chi connectivity index (χ3n) is 8.98. The molecule has 3 unspecified atom stereocenters. The lowest BCUT2D eigenvalue weighted by molar-refractivity contribution is -0.117. The molecule has 6 nitrogen and oxygen atoms in total. The van der Waals surface area contributed by atoms with Crippen LogP contribution in [0.3, 0.4) is 0 Å². The van der Waals surface area contributed by atoms with Crippen molar-refractivity contribution in [1.82, 2.24) is 4.98 Å². The van der Waals surface area contributed by atoms with Gasteiger partial charge >= 0.3 is 0 Å². The summed E-state index contributed by atoms with van der Waals surface area (Å²) in [5, 5.41) is 4.06. The summed E-state index contributed by atoms with van der Waals surface area (Å²) in [4.78, 5) is 19.7. The van der Waals surface area contributed by atoms with Gasteiger partial charge in [-0.05, 0) is 91.3 Å². The van der Waals surface area contributed by atoms with E-state index in [1.54, 1.807) is 12.1 Å². The minimum absolute atomic E-state index is 0.0807. The Morgan fingerprint density at radius 1 is 1.05 bits per heavy atom. The number of hydrogen-bond donors (Lipinski definition) is 1. The summed E-state index contributed by atoms with van der Waals surface area (Å²) >= 11 is 0. The second-order valence-corrected chi connectivity index (χ2v) is 11.3. The molecule has 3 fully saturated rings. The number of carbonyl (C=O) groups is 1. The number of hydrogen-bond acceptors (Lipinski definition) is 5. The van der Waals surface area contributed by atoms with Crippen LogP contribution in [-0.2, 0) is 9.53 Å². The summed E-state index contributed by atoms with van der Waals surface area (Å²) in [7, 11) is 0. The highest BCUT2D eigenvalue weighted by molar-refractivity contribution is 5.91. The molecule has 1 saturated heterocycles. The molecule has 1 aromatic heterocycles. The van der Waals surface area contributed by atoms with Crippen LogP contribution in [0.5, 0.6) is 5.75 Å². The first-order valence-corrected chi connectivity index (χ1v) is 13.6. The van der Waals surface area contributed by atoms with Crippen molar-refractivity contribution < 1.29 is 18.7 Å². The minimum atomic E-state index is -0.207. The molecule has 0 spiro atoms. The van der Waals surface area contributed by atoms with Crippen molar-refractivity contribution in [3.63, 3.8) is 0 Å². The number of ether oxygens (including phenoxy) is 2. The number of benzene rings is 2. The summed E-state index contributed by atoms with van der Waals surface area (Å²) < 4.78 is 25.5. The maximum Gasteiger partial charge on any atom is 0.224 e. The Morgan fingerprint density at radius 3 is 2.78 bits per heavy atom. The van der Waals surface area contributed by atoms with E-state index in [9.17, 15) is 9.18 Å². The van der Waals surface area contributed by atoms with Gasteiger partial charge in [-0.3, -0.25) is 9.78 Å². The predicted octanol–water partition coefficient (Wildman–Crippen LogP) is 5.52. The van der Waals surface area contributed by atoms with E-state index in [4.69, 9.17) is 9.47 Å².